The first-order chi connectivity index (χ1) is 10.0. The van der Waals surface area contributed by atoms with Crippen LogP contribution in [0.4, 0.5) is 10.1 Å². The second-order valence-electron chi connectivity index (χ2n) is 4.86. The molecule has 1 fully saturated rings. The number of anilines is 1. The van der Waals surface area contributed by atoms with Crippen LogP contribution in [0, 0.1) is 5.82 Å². The molecule has 122 valence electrons. The van der Waals surface area contributed by atoms with Gasteiger partial charge in [-0.2, -0.15) is 0 Å². The van der Waals surface area contributed by atoms with E-state index < -0.39 is 0 Å². The van der Waals surface area contributed by atoms with Crippen LogP contribution in [0.3, 0.4) is 0 Å². The van der Waals surface area contributed by atoms with E-state index in [1.807, 2.05) is 11.8 Å². The number of amides is 1. The lowest BCUT2D eigenvalue weighted by Crippen LogP contribution is -2.48. The Labute approximate surface area is 145 Å². The summed E-state index contributed by atoms with van der Waals surface area (Å²) in [6.45, 7) is 3.81. The van der Waals surface area contributed by atoms with Crippen LogP contribution in [0.5, 0.6) is 0 Å². The Balaban J connectivity index is 0.00000242. The minimum absolute atomic E-state index is 0. The Kier molecular flexibility index (Phi) is 7.52. The molecule has 1 atom stereocenters. The summed E-state index contributed by atoms with van der Waals surface area (Å²) in [6, 6.07) is 5.54. The van der Waals surface area contributed by atoms with Crippen LogP contribution in [0.2, 0.25) is 0 Å². The standard InChI is InChI=1S/C14H19FN4O2.HI/c1-10-9-19(6-7-21-10)14(16)17-8-13(20)18-12-4-2-11(15)3-5-12;/h2-5,10H,6-9H2,1H3,(H2,16,17)(H,18,20);1H. The second kappa shape index (κ2) is 8.89. The van der Waals surface area contributed by atoms with E-state index in [2.05, 4.69) is 10.3 Å². The van der Waals surface area contributed by atoms with E-state index in [9.17, 15) is 9.18 Å². The lowest BCUT2D eigenvalue weighted by atomic mass is 10.3. The average molecular weight is 422 g/mol. The Morgan fingerprint density at radius 3 is 2.82 bits per heavy atom. The van der Waals surface area contributed by atoms with Crippen molar-refractivity contribution in [3.05, 3.63) is 30.1 Å². The van der Waals surface area contributed by atoms with Gasteiger partial charge in [0, 0.05) is 18.8 Å². The van der Waals surface area contributed by atoms with Crippen LogP contribution in [0.1, 0.15) is 6.92 Å². The first-order valence-corrected chi connectivity index (χ1v) is 6.76. The van der Waals surface area contributed by atoms with Crippen molar-refractivity contribution in [2.24, 2.45) is 10.7 Å². The third-order valence-corrected chi connectivity index (χ3v) is 3.08. The monoisotopic (exact) mass is 422 g/mol. The highest BCUT2D eigenvalue weighted by Crippen LogP contribution is 2.08. The molecule has 8 heteroatoms. The van der Waals surface area contributed by atoms with Gasteiger partial charge in [0.1, 0.15) is 12.4 Å². The Morgan fingerprint density at radius 1 is 1.50 bits per heavy atom. The predicted octanol–water partition coefficient (Wildman–Crippen LogP) is 1.42. The molecule has 0 saturated carbocycles. The topological polar surface area (TPSA) is 80.0 Å². The SMILES string of the molecule is CC1CN(C(N)=NCC(=O)Nc2ccc(F)cc2)CCO1.I. The highest BCUT2D eigenvalue weighted by atomic mass is 127. The van der Waals surface area contributed by atoms with Gasteiger partial charge in [-0.25, -0.2) is 9.38 Å². The fraction of sp³-hybridized carbons (Fsp3) is 0.429. The van der Waals surface area contributed by atoms with Crippen molar-refractivity contribution in [2.45, 2.75) is 13.0 Å². The predicted molar refractivity (Wildman–Crippen MR) is 93.9 cm³/mol. The molecule has 6 nitrogen and oxygen atoms in total. The first-order valence-electron chi connectivity index (χ1n) is 6.76. The molecule has 3 N–H and O–H groups in total. The van der Waals surface area contributed by atoms with Crippen LogP contribution in [-0.4, -0.2) is 49.1 Å². The second-order valence-corrected chi connectivity index (χ2v) is 4.86. The van der Waals surface area contributed by atoms with Gasteiger partial charge in [-0.1, -0.05) is 0 Å². The van der Waals surface area contributed by atoms with E-state index in [4.69, 9.17) is 10.5 Å². The fourth-order valence-corrected chi connectivity index (χ4v) is 2.01. The molecular weight excluding hydrogens is 402 g/mol. The molecule has 1 aromatic carbocycles. The minimum Gasteiger partial charge on any atom is -0.375 e. The summed E-state index contributed by atoms with van der Waals surface area (Å²) in [6.07, 6.45) is 0.0977. The summed E-state index contributed by atoms with van der Waals surface area (Å²) in [5.74, 6) is -0.318. The number of carbonyl (C=O) groups is 1. The van der Waals surface area contributed by atoms with Gasteiger partial charge in [0.2, 0.25) is 5.91 Å². The molecule has 0 bridgehead atoms. The Morgan fingerprint density at radius 2 is 2.18 bits per heavy atom. The number of morpholine rings is 1. The third kappa shape index (κ3) is 5.76. The van der Waals surface area contributed by atoms with E-state index in [1.54, 1.807) is 0 Å². The summed E-state index contributed by atoms with van der Waals surface area (Å²) < 4.78 is 18.2. The maximum Gasteiger partial charge on any atom is 0.246 e. The van der Waals surface area contributed by atoms with E-state index in [-0.39, 0.29) is 48.3 Å². The van der Waals surface area contributed by atoms with Crippen molar-refractivity contribution in [3.63, 3.8) is 0 Å². The van der Waals surface area contributed by atoms with Gasteiger partial charge in [-0.05, 0) is 31.2 Å². The average Bonchev–Trinajstić information content (AvgIpc) is 2.47. The van der Waals surface area contributed by atoms with Crippen LogP contribution in [0.25, 0.3) is 0 Å². The summed E-state index contributed by atoms with van der Waals surface area (Å²) >= 11 is 0. The van der Waals surface area contributed by atoms with Gasteiger partial charge >= 0.3 is 0 Å². The molecule has 0 aromatic heterocycles. The molecule has 1 aliphatic rings. The molecule has 1 saturated heterocycles. The van der Waals surface area contributed by atoms with Crippen molar-refractivity contribution < 1.29 is 13.9 Å². The first kappa shape index (κ1) is 18.6. The lowest BCUT2D eigenvalue weighted by molar-refractivity contribution is -0.114. The number of hydrogen-bond acceptors (Lipinski definition) is 3. The van der Waals surface area contributed by atoms with E-state index in [1.165, 1.54) is 24.3 Å². The fourth-order valence-electron chi connectivity index (χ4n) is 2.01. The molecule has 1 unspecified atom stereocenters. The molecule has 0 spiro atoms. The quantitative estimate of drug-likeness (QED) is 0.439. The number of nitrogens with one attached hydrogen (secondary N) is 1. The Bertz CT molecular complexity index is 524. The maximum absolute atomic E-state index is 12.7. The van der Waals surface area contributed by atoms with Crippen molar-refractivity contribution in [2.75, 3.05) is 31.6 Å². The van der Waals surface area contributed by atoms with Crippen LogP contribution in [0.15, 0.2) is 29.3 Å². The Hall–Kier alpha value is -1.42. The van der Waals surface area contributed by atoms with Crippen molar-refractivity contribution in [1.82, 2.24) is 4.90 Å². The summed E-state index contributed by atoms with van der Waals surface area (Å²) in [7, 11) is 0. The van der Waals surface area contributed by atoms with Gasteiger partial charge in [-0.3, -0.25) is 4.79 Å². The van der Waals surface area contributed by atoms with Gasteiger partial charge in [0.25, 0.3) is 0 Å². The molecule has 0 aliphatic carbocycles. The van der Waals surface area contributed by atoms with Gasteiger partial charge < -0.3 is 20.7 Å². The molecule has 1 aromatic rings. The van der Waals surface area contributed by atoms with Crippen molar-refractivity contribution in [3.8, 4) is 0 Å². The third-order valence-electron chi connectivity index (χ3n) is 3.08. The highest BCUT2D eigenvalue weighted by molar-refractivity contribution is 14.0. The van der Waals surface area contributed by atoms with Crippen LogP contribution < -0.4 is 11.1 Å². The van der Waals surface area contributed by atoms with Gasteiger partial charge in [0.15, 0.2) is 5.96 Å². The van der Waals surface area contributed by atoms with E-state index >= 15 is 0 Å². The highest BCUT2D eigenvalue weighted by Gasteiger charge is 2.18. The number of nitrogens with zero attached hydrogens (tertiary/aromatic N) is 2. The van der Waals surface area contributed by atoms with Crippen molar-refractivity contribution >= 4 is 41.5 Å². The number of halogens is 2. The number of nitrogens with two attached hydrogens (primary N) is 1. The number of hydrogen-bond donors (Lipinski definition) is 2. The zero-order valence-corrected chi connectivity index (χ0v) is 14.6. The molecular formula is C14H20FIN4O2. The smallest absolute Gasteiger partial charge is 0.246 e. The molecule has 1 heterocycles. The number of carbonyl (C=O) groups excluding carboxylic acids is 1. The van der Waals surface area contributed by atoms with Gasteiger partial charge in [-0.15, -0.1) is 24.0 Å². The zero-order chi connectivity index (χ0) is 15.2. The lowest BCUT2D eigenvalue weighted by Gasteiger charge is -2.31. The molecule has 0 radical (unpaired) electrons. The molecule has 2 rings (SSSR count). The number of guanidine groups is 1. The molecule has 1 amide bonds. The number of rotatable bonds is 3. The number of ether oxygens (including phenoxy) is 1. The molecule has 22 heavy (non-hydrogen) atoms. The normalized spacial score (nSPS) is 18.5. The van der Waals surface area contributed by atoms with Crippen LogP contribution in [-0.2, 0) is 9.53 Å². The zero-order valence-electron chi connectivity index (χ0n) is 12.3. The van der Waals surface area contributed by atoms with Gasteiger partial charge in [0.05, 0.1) is 12.7 Å². The van der Waals surface area contributed by atoms with E-state index in [0.717, 1.165) is 0 Å². The number of aliphatic imine (C=N–C) groups is 1. The van der Waals surface area contributed by atoms with Crippen molar-refractivity contribution in [1.29, 1.82) is 0 Å². The summed E-state index contributed by atoms with van der Waals surface area (Å²) in [5, 5.41) is 2.62. The minimum atomic E-state index is -0.350. The van der Waals surface area contributed by atoms with Crippen LogP contribution >= 0.6 is 24.0 Å². The summed E-state index contributed by atoms with van der Waals surface area (Å²) in [5.41, 5.74) is 6.39. The van der Waals surface area contributed by atoms with E-state index in [0.29, 0.717) is 31.3 Å². The number of benzene rings is 1. The molecule has 1 aliphatic heterocycles. The largest absolute Gasteiger partial charge is 0.375 e. The maximum atomic E-state index is 12.7. The summed E-state index contributed by atoms with van der Waals surface area (Å²) in [4.78, 5) is 17.7.